The standard InChI is InChI=1S/C16H18O5S2/c1-11-7-5-9-15(13(11)3)22(17,18)21-23(19,20)16-10-6-8-12(2)14(16)4/h5-10H,1-4H3. The monoisotopic (exact) mass is 354 g/mol. The fourth-order valence-electron chi connectivity index (χ4n) is 2.18. The fourth-order valence-corrected chi connectivity index (χ4v) is 5.27. The average Bonchev–Trinajstić information content (AvgIpc) is 2.43. The molecule has 2 aromatic rings. The molecule has 5 nitrogen and oxygen atoms in total. The lowest BCUT2D eigenvalue weighted by atomic mass is 10.1. The molecule has 0 amide bonds. The highest BCUT2D eigenvalue weighted by Gasteiger charge is 2.29. The minimum Gasteiger partial charge on any atom is -0.193 e. The number of hydrogen-bond acceptors (Lipinski definition) is 5. The van der Waals surface area contributed by atoms with Crippen LogP contribution in [0.5, 0.6) is 0 Å². The summed E-state index contributed by atoms with van der Waals surface area (Å²) in [6.07, 6.45) is 0. The molecule has 0 spiro atoms. The smallest absolute Gasteiger partial charge is 0.193 e. The van der Waals surface area contributed by atoms with Crippen LogP contribution in [0.1, 0.15) is 22.3 Å². The van der Waals surface area contributed by atoms with E-state index in [2.05, 4.69) is 3.63 Å². The SMILES string of the molecule is Cc1cccc(S(=O)(=O)OS(=O)(=O)c2cccc(C)c2C)c1C. The molecule has 2 aromatic carbocycles. The Bertz CT molecular complexity index is 878. The van der Waals surface area contributed by atoms with E-state index in [4.69, 9.17) is 0 Å². The number of hydrogen-bond donors (Lipinski definition) is 0. The van der Waals surface area contributed by atoms with Gasteiger partial charge in [0.1, 0.15) is 0 Å². The van der Waals surface area contributed by atoms with Crippen molar-refractivity contribution in [3.8, 4) is 0 Å². The van der Waals surface area contributed by atoms with Crippen LogP contribution in [0, 0.1) is 27.7 Å². The van der Waals surface area contributed by atoms with Crippen molar-refractivity contribution < 1.29 is 20.5 Å². The first-order valence-corrected chi connectivity index (χ1v) is 9.71. The Labute approximate surface area is 137 Å². The average molecular weight is 354 g/mol. The van der Waals surface area contributed by atoms with Crippen molar-refractivity contribution in [3.63, 3.8) is 0 Å². The van der Waals surface area contributed by atoms with Gasteiger partial charge in [0.15, 0.2) is 0 Å². The quantitative estimate of drug-likeness (QED) is 0.843. The Morgan fingerprint density at radius 3 is 1.35 bits per heavy atom. The van der Waals surface area contributed by atoms with Crippen molar-refractivity contribution in [1.29, 1.82) is 0 Å². The fraction of sp³-hybridized carbons (Fsp3) is 0.250. The Hall–Kier alpha value is -1.70. The molecule has 23 heavy (non-hydrogen) atoms. The highest BCUT2D eigenvalue weighted by molar-refractivity contribution is 8.00. The molecular weight excluding hydrogens is 336 g/mol. The Balaban J connectivity index is 2.52. The minimum absolute atomic E-state index is 0.147. The van der Waals surface area contributed by atoms with E-state index in [1.165, 1.54) is 12.1 Å². The molecule has 0 aromatic heterocycles. The summed E-state index contributed by atoms with van der Waals surface area (Å²) in [4.78, 5) is -0.294. The summed E-state index contributed by atoms with van der Waals surface area (Å²) < 4.78 is 54.2. The van der Waals surface area contributed by atoms with Crippen molar-refractivity contribution in [3.05, 3.63) is 58.7 Å². The third-order valence-corrected chi connectivity index (χ3v) is 7.22. The molecule has 0 saturated carbocycles. The van der Waals surface area contributed by atoms with Crippen molar-refractivity contribution in [2.45, 2.75) is 37.5 Å². The van der Waals surface area contributed by atoms with Gasteiger partial charge in [0.05, 0.1) is 9.79 Å². The van der Waals surface area contributed by atoms with Crippen LogP contribution in [-0.4, -0.2) is 16.8 Å². The zero-order valence-corrected chi connectivity index (χ0v) is 15.0. The van der Waals surface area contributed by atoms with Crippen LogP contribution in [0.4, 0.5) is 0 Å². The van der Waals surface area contributed by atoms with Gasteiger partial charge in [-0.3, -0.25) is 0 Å². The van der Waals surface area contributed by atoms with E-state index >= 15 is 0 Å². The molecule has 0 saturated heterocycles. The summed E-state index contributed by atoms with van der Waals surface area (Å²) in [6, 6.07) is 9.24. The molecule has 0 aliphatic heterocycles. The summed E-state index contributed by atoms with van der Waals surface area (Å²) in [7, 11) is -8.87. The van der Waals surface area contributed by atoms with E-state index < -0.39 is 20.2 Å². The third-order valence-electron chi connectivity index (χ3n) is 3.83. The van der Waals surface area contributed by atoms with Gasteiger partial charge in [0, 0.05) is 0 Å². The van der Waals surface area contributed by atoms with Gasteiger partial charge in [0.2, 0.25) is 0 Å². The summed E-state index contributed by atoms with van der Waals surface area (Å²) in [5, 5.41) is 0. The van der Waals surface area contributed by atoms with Gasteiger partial charge < -0.3 is 0 Å². The lowest BCUT2D eigenvalue weighted by Crippen LogP contribution is -2.16. The normalized spacial score (nSPS) is 12.3. The van der Waals surface area contributed by atoms with Crippen molar-refractivity contribution in [2.24, 2.45) is 0 Å². The number of benzene rings is 2. The number of aryl methyl sites for hydroxylation is 2. The second-order valence-electron chi connectivity index (χ2n) is 5.37. The maximum atomic E-state index is 12.4. The van der Waals surface area contributed by atoms with Crippen LogP contribution in [0.2, 0.25) is 0 Å². The highest BCUT2D eigenvalue weighted by atomic mass is 32.3. The van der Waals surface area contributed by atoms with E-state index in [9.17, 15) is 16.8 Å². The van der Waals surface area contributed by atoms with Gasteiger partial charge in [-0.1, -0.05) is 24.3 Å². The molecule has 7 heteroatoms. The highest BCUT2D eigenvalue weighted by Crippen LogP contribution is 2.26. The lowest BCUT2D eigenvalue weighted by Gasteiger charge is -2.12. The topological polar surface area (TPSA) is 77.5 Å². The number of rotatable bonds is 4. The van der Waals surface area contributed by atoms with Gasteiger partial charge in [0.25, 0.3) is 0 Å². The molecule has 0 atom stereocenters. The van der Waals surface area contributed by atoms with Crippen LogP contribution in [0.15, 0.2) is 46.2 Å². The Kier molecular flexibility index (Phi) is 4.66. The predicted molar refractivity (Wildman–Crippen MR) is 87.3 cm³/mol. The first-order valence-electron chi connectivity index (χ1n) is 6.90. The maximum absolute atomic E-state index is 12.4. The second-order valence-corrected chi connectivity index (χ2v) is 8.61. The lowest BCUT2D eigenvalue weighted by molar-refractivity contribution is 0.461. The van der Waals surface area contributed by atoms with Crippen LogP contribution < -0.4 is 0 Å². The van der Waals surface area contributed by atoms with E-state index in [0.717, 1.165) is 11.1 Å². The molecule has 0 unspecified atom stereocenters. The molecule has 2 rings (SSSR count). The molecular formula is C16H18O5S2. The first-order chi connectivity index (χ1) is 10.6. The van der Waals surface area contributed by atoms with E-state index in [1.54, 1.807) is 52.0 Å². The Morgan fingerprint density at radius 1 is 0.652 bits per heavy atom. The Morgan fingerprint density at radius 2 is 1.00 bits per heavy atom. The van der Waals surface area contributed by atoms with Gasteiger partial charge in [-0.05, 0) is 62.1 Å². The van der Waals surface area contributed by atoms with E-state index in [-0.39, 0.29) is 9.79 Å². The van der Waals surface area contributed by atoms with Gasteiger partial charge in [-0.2, -0.15) is 16.8 Å². The molecule has 0 fully saturated rings. The third kappa shape index (κ3) is 3.46. The molecule has 0 aliphatic rings. The van der Waals surface area contributed by atoms with E-state index in [0.29, 0.717) is 11.1 Å². The molecule has 0 N–H and O–H groups in total. The summed E-state index contributed by atoms with van der Waals surface area (Å²) >= 11 is 0. The van der Waals surface area contributed by atoms with Crippen molar-refractivity contribution in [1.82, 2.24) is 0 Å². The zero-order chi connectivity index (χ0) is 17.4. The predicted octanol–water partition coefficient (Wildman–Crippen LogP) is 3.01. The van der Waals surface area contributed by atoms with E-state index in [1.807, 2.05) is 0 Å². The molecule has 0 aliphatic carbocycles. The van der Waals surface area contributed by atoms with Crippen LogP contribution in [-0.2, 0) is 23.9 Å². The summed E-state index contributed by atoms with van der Waals surface area (Å²) in [5.74, 6) is 0. The summed E-state index contributed by atoms with van der Waals surface area (Å²) in [5.41, 5.74) is 2.39. The first kappa shape index (κ1) is 17.7. The molecule has 124 valence electrons. The zero-order valence-electron chi connectivity index (χ0n) is 13.3. The van der Waals surface area contributed by atoms with Gasteiger partial charge in [-0.25, -0.2) is 0 Å². The molecule has 0 bridgehead atoms. The van der Waals surface area contributed by atoms with Crippen molar-refractivity contribution >= 4 is 20.2 Å². The second kappa shape index (κ2) is 6.07. The van der Waals surface area contributed by atoms with Crippen LogP contribution >= 0.6 is 0 Å². The summed E-state index contributed by atoms with van der Waals surface area (Å²) in [6.45, 7) is 6.70. The maximum Gasteiger partial charge on any atom is 0.312 e. The van der Waals surface area contributed by atoms with Gasteiger partial charge >= 0.3 is 20.2 Å². The molecule has 0 radical (unpaired) electrons. The van der Waals surface area contributed by atoms with Gasteiger partial charge in [-0.15, -0.1) is 3.63 Å². The minimum atomic E-state index is -4.44. The van der Waals surface area contributed by atoms with Crippen LogP contribution in [0.3, 0.4) is 0 Å². The van der Waals surface area contributed by atoms with Crippen LogP contribution in [0.25, 0.3) is 0 Å². The largest absolute Gasteiger partial charge is 0.312 e. The molecule has 0 heterocycles. The van der Waals surface area contributed by atoms with Crippen molar-refractivity contribution in [2.75, 3.05) is 0 Å².